The fraction of sp³-hybridized carbons (Fsp3) is 0.414. The predicted octanol–water partition coefficient (Wildman–Crippen LogP) is 5.60. The average molecular weight is 498 g/mol. The molecule has 2 aliphatic heterocycles. The Hall–Kier alpha value is -3.49. The van der Waals surface area contributed by atoms with Crippen LogP contribution in [0.25, 0.3) is 10.9 Å². The number of aromatic nitrogens is 4. The molecule has 0 spiro atoms. The maximum Gasteiger partial charge on any atom is 0.168 e. The van der Waals surface area contributed by atoms with Crippen molar-refractivity contribution < 1.29 is 14.6 Å². The highest BCUT2D eigenvalue weighted by Crippen LogP contribution is 2.43. The van der Waals surface area contributed by atoms with Crippen LogP contribution in [0.5, 0.6) is 11.5 Å². The second kappa shape index (κ2) is 8.82. The number of nitrogens with zero attached hydrogens (tertiary/aromatic N) is 5. The molecule has 2 fully saturated rings. The quantitative estimate of drug-likeness (QED) is 0.384. The van der Waals surface area contributed by atoms with E-state index in [0.29, 0.717) is 24.9 Å². The van der Waals surface area contributed by atoms with Gasteiger partial charge in [-0.05, 0) is 69.4 Å². The zero-order valence-electron chi connectivity index (χ0n) is 21.0. The molecule has 37 heavy (non-hydrogen) atoms. The number of aliphatic hydroxyl groups is 1. The van der Waals surface area contributed by atoms with Gasteiger partial charge in [0.15, 0.2) is 5.75 Å². The lowest BCUT2D eigenvalue weighted by molar-refractivity contribution is 0.0463. The minimum atomic E-state index is -0.886. The van der Waals surface area contributed by atoms with E-state index < -0.39 is 5.60 Å². The molecular weight excluding hydrogens is 466 g/mol. The van der Waals surface area contributed by atoms with Gasteiger partial charge in [-0.3, -0.25) is 14.6 Å². The summed E-state index contributed by atoms with van der Waals surface area (Å²) in [5.74, 6) is 1.98. The largest absolute Gasteiger partial charge is 0.453 e. The summed E-state index contributed by atoms with van der Waals surface area (Å²) in [4.78, 5) is 11.2. The first-order valence-electron chi connectivity index (χ1n) is 13.2. The van der Waals surface area contributed by atoms with Crippen molar-refractivity contribution in [2.45, 2.75) is 56.6 Å². The summed E-state index contributed by atoms with van der Waals surface area (Å²) in [5.41, 5.74) is 3.88. The normalized spacial score (nSPS) is 22.3. The lowest BCUT2D eigenvalue weighted by Gasteiger charge is -2.38. The molecule has 7 rings (SSSR count). The van der Waals surface area contributed by atoms with Crippen molar-refractivity contribution >= 4 is 22.3 Å². The second-order valence-electron chi connectivity index (χ2n) is 10.7. The Bertz CT molecular complexity index is 1460. The van der Waals surface area contributed by atoms with Crippen molar-refractivity contribution in [3.05, 3.63) is 66.4 Å². The Kier molecular flexibility index (Phi) is 5.41. The zero-order valence-corrected chi connectivity index (χ0v) is 21.0. The predicted molar refractivity (Wildman–Crippen MR) is 141 cm³/mol. The number of anilines is 2. The van der Waals surface area contributed by atoms with E-state index in [1.165, 1.54) is 12.8 Å². The lowest BCUT2D eigenvalue weighted by Crippen LogP contribution is -2.36. The summed E-state index contributed by atoms with van der Waals surface area (Å²) in [7, 11) is 0. The van der Waals surface area contributed by atoms with Gasteiger partial charge in [-0.15, -0.1) is 0 Å². The minimum Gasteiger partial charge on any atom is -0.453 e. The Morgan fingerprint density at radius 3 is 2.76 bits per heavy atom. The number of rotatable bonds is 5. The summed E-state index contributed by atoms with van der Waals surface area (Å²) in [6, 6.07) is 10.7. The van der Waals surface area contributed by atoms with Crippen molar-refractivity contribution in [1.82, 2.24) is 19.7 Å². The van der Waals surface area contributed by atoms with E-state index in [0.717, 1.165) is 71.1 Å². The standard InChI is InChI=1S/C29H31N5O3/c1-29(35)10-13-33(25-6-11-30-17-23(25)29)21-4-5-22-24(16-21)31-12-7-26(22)37-27-18-34(20-2-3-20)32-28(27)19-8-14-36-15-9-19/h4-7,11-12,16-20,35H,2-3,8-10,13-15H2,1H3. The van der Waals surface area contributed by atoms with Gasteiger partial charge in [-0.2, -0.15) is 5.10 Å². The molecule has 0 radical (unpaired) electrons. The van der Waals surface area contributed by atoms with E-state index in [1.807, 2.05) is 19.1 Å². The molecule has 8 nitrogen and oxygen atoms in total. The van der Waals surface area contributed by atoms with Crippen LogP contribution in [0.2, 0.25) is 0 Å². The number of hydrogen-bond donors (Lipinski definition) is 1. The van der Waals surface area contributed by atoms with Crippen LogP contribution in [0.3, 0.4) is 0 Å². The molecule has 1 aliphatic carbocycles. The number of benzene rings is 1. The first kappa shape index (κ1) is 22.7. The molecule has 0 amide bonds. The third kappa shape index (κ3) is 4.14. The molecule has 3 aliphatic rings. The molecule has 1 saturated heterocycles. The third-order valence-corrected chi connectivity index (χ3v) is 7.96. The van der Waals surface area contributed by atoms with Crippen LogP contribution < -0.4 is 9.64 Å². The summed E-state index contributed by atoms with van der Waals surface area (Å²) < 4.78 is 14.3. The van der Waals surface area contributed by atoms with Crippen LogP contribution in [0, 0.1) is 0 Å². The molecule has 1 N–H and O–H groups in total. The Morgan fingerprint density at radius 2 is 1.92 bits per heavy atom. The number of ether oxygens (including phenoxy) is 2. The molecule has 0 bridgehead atoms. The summed E-state index contributed by atoms with van der Waals surface area (Å²) in [5, 5.41) is 16.8. The number of hydrogen-bond acceptors (Lipinski definition) is 7. The zero-order chi connectivity index (χ0) is 25.0. The lowest BCUT2D eigenvalue weighted by atomic mass is 9.88. The maximum absolute atomic E-state index is 10.9. The van der Waals surface area contributed by atoms with Crippen molar-refractivity contribution in [2.75, 3.05) is 24.7 Å². The van der Waals surface area contributed by atoms with E-state index in [2.05, 4.69) is 43.9 Å². The van der Waals surface area contributed by atoms with Crippen molar-refractivity contribution in [1.29, 1.82) is 0 Å². The van der Waals surface area contributed by atoms with E-state index in [9.17, 15) is 5.11 Å². The summed E-state index contributed by atoms with van der Waals surface area (Å²) in [6.45, 7) is 4.11. The fourth-order valence-corrected chi connectivity index (χ4v) is 5.62. The van der Waals surface area contributed by atoms with Gasteiger partial charge in [-0.25, -0.2) is 0 Å². The first-order valence-corrected chi connectivity index (χ1v) is 13.2. The van der Waals surface area contributed by atoms with Crippen LogP contribution in [0.4, 0.5) is 11.4 Å². The second-order valence-corrected chi connectivity index (χ2v) is 10.7. The summed E-state index contributed by atoms with van der Waals surface area (Å²) in [6.07, 6.45) is 12.4. The van der Waals surface area contributed by atoms with Gasteiger partial charge in [-0.1, -0.05) is 0 Å². The van der Waals surface area contributed by atoms with Crippen LogP contribution in [0.1, 0.15) is 62.2 Å². The van der Waals surface area contributed by atoms with Gasteiger partial charge in [0.05, 0.1) is 29.0 Å². The smallest absolute Gasteiger partial charge is 0.168 e. The number of pyridine rings is 2. The van der Waals surface area contributed by atoms with Crippen LogP contribution in [-0.4, -0.2) is 44.6 Å². The molecule has 3 aromatic heterocycles. The molecular formula is C29H31N5O3. The monoisotopic (exact) mass is 497 g/mol. The molecule has 4 aromatic rings. The van der Waals surface area contributed by atoms with Gasteiger partial charge >= 0.3 is 0 Å². The average Bonchev–Trinajstić information content (AvgIpc) is 3.69. The van der Waals surface area contributed by atoms with Gasteiger partial charge < -0.3 is 19.5 Å². The molecule has 5 heterocycles. The van der Waals surface area contributed by atoms with Gasteiger partial charge in [0.2, 0.25) is 0 Å². The van der Waals surface area contributed by atoms with Gasteiger partial charge in [0.25, 0.3) is 0 Å². The van der Waals surface area contributed by atoms with Gasteiger partial charge in [0, 0.05) is 60.9 Å². The summed E-state index contributed by atoms with van der Waals surface area (Å²) >= 11 is 0. The fourth-order valence-electron chi connectivity index (χ4n) is 5.62. The highest BCUT2D eigenvalue weighted by Gasteiger charge is 2.34. The molecule has 1 aromatic carbocycles. The van der Waals surface area contributed by atoms with Crippen molar-refractivity contribution in [3.8, 4) is 11.5 Å². The molecule has 1 atom stereocenters. The third-order valence-electron chi connectivity index (χ3n) is 7.96. The van der Waals surface area contributed by atoms with Crippen molar-refractivity contribution in [3.63, 3.8) is 0 Å². The van der Waals surface area contributed by atoms with Crippen LogP contribution in [-0.2, 0) is 10.3 Å². The van der Waals surface area contributed by atoms with Crippen molar-refractivity contribution in [2.24, 2.45) is 0 Å². The Morgan fingerprint density at radius 1 is 1.05 bits per heavy atom. The Labute approximate surface area is 215 Å². The number of fused-ring (bicyclic) bond motifs is 2. The SMILES string of the molecule is CC1(O)CCN(c2ccc3c(Oc4cn(C5CC5)nc4C4CCOCC4)ccnc3c2)c2ccncc21. The first-order chi connectivity index (χ1) is 18.1. The minimum absolute atomic E-state index is 0.356. The maximum atomic E-state index is 10.9. The van der Waals surface area contributed by atoms with E-state index >= 15 is 0 Å². The molecule has 8 heteroatoms. The molecule has 1 saturated carbocycles. The molecule has 1 unspecified atom stereocenters. The Balaban J connectivity index is 1.23. The topological polar surface area (TPSA) is 85.5 Å². The highest BCUT2D eigenvalue weighted by atomic mass is 16.5. The van der Waals surface area contributed by atoms with E-state index in [-0.39, 0.29) is 0 Å². The van der Waals surface area contributed by atoms with E-state index in [1.54, 1.807) is 18.6 Å². The van der Waals surface area contributed by atoms with Gasteiger partial charge in [0.1, 0.15) is 11.4 Å². The highest BCUT2D eigenvalue weighted by molar-refractivity contribution is 5.89. The van der Waals surface area contributed by atoms with E-state index in [4.69, 9.17) is 14.6 Å². The molecule has 190 valence electrons. The van der Waals surface area contributed by atoms with Crippen LogP contribution >= 0.6 is 0 Å². The van der Waals surface area contributed by atoms with Crippen LogP contribution in [0.15, 0.2) is 55.1 Å².